The van der Waals surface area contributed by atoms with E-state index in [1.807, 2.05) is 54.6 Å². The Morgan fingerprint density at radius 1 is 0.652 bits per heavy atom. The number of hydrogen-bond donors (Lipinski definition) is 1. The second-order valence-electron chi connectivity index (χ2n) is 5.59. The molecule has 1 N–H and O–H groups in total. The molecule has 0 spiro atoms. The molecule has 0 fully saturated rings. The molecule has 1 atom stereocenters. The fourth-order valence-corrected chi connectivity index (χ4v) is 3.29. The minimum absolute atomic E-state index is 0.675. The van der Waals surface area contributed by atoms with E-state index in [2.05, 4.69) is 43.0 Å². The first kappa shape index (κ1) is 15.3. The lowest BCUT2D eigenvalue weighted by molar-refractivity contribution is 0.168. The van der Waals surface area contributed by atoms with Crippen LogP contribution in [0.15, 0.2) is 104 Å². The van der Waals surface area contributed by atoms with Gasteiger partial charge in [0.1, 0.15) is 0 Å². The zero-order chi connectivity index (χ0) is 16.1. The molecule has 23 heavy (non-hydrogen) atoms. The minimum Gasteiger partial charge on any atom is -0.387 e. The Morgan fingerprint density at radius 2 is 0.957 bits per heavy atom. The fourth-order valence-electron chi connectivity index (χ4n) is 3.29. The molecule has 0 aromatic heterocycles. The van der Waals surface area contributed by atoms with Crippen molar-refractivity contribution in [1.82, 2.24) is 0 Å². The van der Waals surface area contributed by atoms with Crippen LogP contribution in [-0.4, -0.2) is 11.2 Å². The van der Waals surface area contributed by atoms with Crippen LogP contribution in [0.5, 0.6) is 0 Å². The van der Waals surface area contributed by atoms with Crippen molar-refractivity contribution in [3.8, 4) is 0 Å². The number of aliphatic hydroxyl groups excluding tert-OH is 1. The van der Waals surface area contributed by atoms with E-state index in [1.54, 1.807) is 6.08 Å². The largest absolute Gasteiger partial charge is 0.387 e. The summed E-state index contributed by atoms with van der Waals surface area (Å²) in [5, 5.41) is 11.0. The Morgan fingerprint density at radius 3 is 1.22 bits per heavy atom. The van der Waals surface area contributed by atoms with E-state index in [0.29, 0.717) is 0 Å². The van der Waals surface area contributed by atoms with Crippen molar-refractivity contribution in [1.29, 1.82) is 0 Å². The highest BCUT2D eigenvalue weighted by Gasteiger charge is 2.41. The summed E-state index contributed by atoms with van der Waals surface area (Å²) in [6.45, 7) is 3.85. The highest BCUT2D eigenvalue weighted by atomic mass is 16.3. The van der Waals surface area contributed by atoms with Crippen LogP contribution in [0.25, 0.3) is 0 Å². The van der Waals surface area contributed by atoms with Crippen molar-refractivity contribution in [2.45, 2.75) is 11.5 Å². The van der Waals surface area contributed by atoms with Crippen LogP contribution in [0.4, 0.5) is 0 Å². The summed E-state index contributed by atoms with van der Waals surface area (Å²) in [6.07, 6.45) is 0.877. The molecule has 0 saturated carbocycles. The Bertz CT molecular complexity index is 651. The van der Waals surface area contributed by atoms with E-state index in [0.717, 1.165) is 16.7 Å². The third kappa shape index (κ3) is 2.60. The lowest BCUT2D eigenvalue weighted by Crippen LogP contribution is -2.40. The van der Waals surface area contributed by atoms with Gasteiger partial charge in [0.05, 0.1) is 11.5 Å². The van der Waals surface area contributed by atoms with Crippen molar-refractivity contribution >= 4 is 0 Å². The van der Waals surface area contributed by atoms with Gasteiger partial charge in [0.25, 0.3) is 0 Å². The van der Waals surface area contributed by atoms with Crippen molar-refractivity contribution in [2.24, 2.45) is 0 Å². The molecule has 0 aliphatic heterocycles. The molecule has 114 valence electrons. The van der Waals surface area contributed by atoms with Crippen LogP contribution in [0.3, 0.4) is 0 Å². The van der Waals surface area contributed by atoms with Crippen LogP contribution in [0.1, 0.15) is 16.7 Å². The Kier molecular flexibility index (Phi) is 4.40. The molecule has 0 aliphatic carbocycles. The first-order chi connectivity index (χ1) is 11.3. The number of benzene rings is 3. The maximum atomic E-state index is 11.0. The molecule has 3 rings (SSSR count). The fraction of sp³-hybridized carbons (Fsp3) is 0.0909. The normalized spacial score (nSPS) is 12.6. The van der Waals surface area contributed by atoms with Gasteiger partial charge in [0.2, 0.25) is 0 Å². The molecule has 0 bridgehead atoms. The van der Waals surface area contributed by atoms with E-state index in [1.165, 1.54) is 0 Å². The average Bonchev–Trinajstić information content (AvgIpc) is 2.65. The summed E-state index contributed by atoms with van der Waals surface area (Å²) < 4.78 is 0. The lowest BCUT2D eigenvalue weighted by atomic mass is 9.66. The first-order valence-electron chi connectivity index (χ1n) is 7.77. The van der Waals surface area contributed by atoms with Gasteiger partial charge in [0, 0.05) is 0 Å². The van der Waals surface area contributed by atoms with Crippen molar-refractivity contribution in [3.63, 3.8) is 0 Å². The van der Waals surface area contributed by atoms with Gasteiger partial charge in [0.15, 0.2) is 0 Å². The molecule has 1 unspecified atom stereocenters. The highest BCUT2D eigenvalue weighted by molar-refractivity contribution is 5.52. The maximum absolute atomic E-state index is 11.0. The van der Waals surface area contributed by atoms with Gasteiger partial charge in [-0.25, -0.2) is 0 Å². The van der Waals surface area contributed by atoms with Crippen LogP contribution >= 0.6 is 0 Å². The van der Waals surface area contributed by atoms with Crippen molar-refractivity contribution in [3.05, 3.63) is 120 Å². The molecule has 0 saturated heterocycles. The molecule has 3 aromatic carbocycles. The van der Waals surface area contributed by atoms with Crippen molar-refractivity contribution < 1.29 is 5.11 Å². The van der Waals surface area contributed by atoms with Gasteiger partial charge in [-0.2, -0.15) is 0 Å². The van der Waals surface area contributed by atoms with E-state index in [-0.39, 0.29) is 0 Å². The monoisotopic (exact) mass is 300 g/mol. The summed E-state index contributed by atoms with van der Waals surface area (Å²) in [7, 11) is 0. The quantitative estimate of drug-likeness (QED) is 0.540. The topological polar surface area (TPSA) is 20.2 Å². The highest BCUT2D eigenvalue weighted by Crippen LogP contribution is 2.42. The summed E-state index contributed by atoms with van der Waals surface area (Å²) >= 11 is 0. The van der Waals surface area contributed by atoms with E-state index >= 15 is 0 Å². The molecule has 1 heteroatoms. The zero-order valence-corrected chi connectivity index (χ0v) is 13.0. The van der Waals surface area contributed by atoms with Gasteiger partial charge < -0.3 is 5.11 Å². The minimum atomic E-state index is -0.741. The predicted octanol–water partition coefficient (Wildman–Crippen LogP) is 4.57. The van der Waals surface area contributed by atoms with E-state index in [4.69, 9.17) is 0 Å². The lowest BCUT2D eigenvalue weighted by Gasteiger charge is -2.38. The van der Waals surface area contributed by atoms with Crippen LogP contribution < -0.4 is 0 Å². The third-order valence-corrected chi connectivity index (χ3v) is 4.35. The number of rotatable bonds is 5. The Hall–Kier alpha value is -2.64. The van der Waals surface area contributed by atoms with Gasteiger partial charge in [-0.05, 0) is 16.7 Å². The molecule has 0 heterocycles. The molecular weight excluding hydrogens is 280 g/mol. The zero-order valence-electron chi connectivity index (χ0n) is 13.0. The SMILES string of the molecule is C=CC(O)C(c1ccccc1)(c1ccccc1)c1ccccc1. The van der Waals surface area contributed by atoms with Gasteiger partial charge >= 0.3 is 0 Å². The first-order valence-corrected chi connectivity index (χ1v) is 7.77. The molecule has 0 radical (unpaired) electrons. The van der Waals surface area contributed by atoms with Crippen LogP contribution in [0, 0.1) is 0 Å². The van der Waals surface area contributed by atoms with Gasteiger partial charge in [-0.1, -0.05) is 97.1 Å². The standard InChI is InChI=1S/C22H20O/c1-2-21(23)22(18-12-6-3-7-13-18,19-14-8-4-9-15-19)20-16-10-5-11-17-20/h2-17,21,23H,1H2. The molecule has 0 aliphatic rings. The van der Waals surface area contributed by atoms with Gasteiger partial charge in [-0.3, -0.25) is 0 Å². The maximum Gasteiger partial charge on any atom is 0.0896 e. The molecule has 3 aromatic rings. The Balaban J connectivity index is 2.38. The van der Waals surface area contributed by atoms with E-state index < -0.39 is 11.5 Å². The van der Waals surface area contributed by atoms with E-state index in [9.17, 15) is 5.11 Å². The van der Waals surface area contributed by atoms with Crippen LogP contribution in [0.2, 0.25) is 0 Å². The molecular formula is C22H20O. The average molecular weight is 300 g/mol. The summed E-state index contributed by atoms with van der Waals surface area (Å²) in [5.74, 6) is 0. The second-order valence-corrected chi connectivity index (χ2v) is 5.59. The number of hydrogen-bond acceptors (Lipinski definition) is 1. The van der Waals surface area contributed by atoms with Gasteiger partial charge in [-0.15, -0.1) is 6.58 Å². The Labute approximate surface area is 137 Å². The summed E-state index contributed by atoms with van der Waals surface area (Å²) in [5.41, 5.74) is 2.46. The summed E-state index contributed by atoms with van der Waals surface area (Å²) in [6, 6.07) is 30.4. The smallest absolute Gasteiger partial charge is 0.0896 e. The predicted molar refractivity (Wildman–Crippen MR) is 95.4 cm³/mol. The second kappa shape index (κ2) is 6.64. The molecule has 0 amide bonds. The summed E-state index contributed by atoms with van der Waals surface area (Å²) in [4.78, 5) is 0. The van der Waals surface area contributed by atoms with Crippen molar-refractivity contribution in [2.75, 3.05) is 0 Å². The number of aliphatic hydroxyl groups is 1. The molecule has 1 nitrogen and oxygen atoms in total. The van der Waals surface area contributed by atoms with Crippen LogP contribution in [-0.2, 0) is 5.41 Å². The third-order valence-electron chi connectivity index (χ3n) is 4.35.